The number of methoxy groups -OCH3 is 1. The molecule has 2 aromatic rings. The lowest BCUT2D eigenvalue weighted by atomic mass is 10.1. The van der Waals surface area contributed by atoms with Crippen molar-refractivity contribution in [3.8, 4) is 5.75 Å². The molecule has 0 aliphatic carbocycles. The summed E-state index contributed by atoms with van der Waals surface area (Å²) in [4.78, 5) is 27.1. The summed E-state index contributed by atoms with van der Waals surface area (Å²) in [6, 6.07) is 11.8. The number of piperidine rings is 1. The number of nitrogens with one attached hydrogen (secondary N) is 1. The summed E-state index contributed by atoms with van der Waals surface area (Å²) in [5, 5.41) is 2.93. The van der Waals surface area contributed by atoms with Crippen LogP contribution in [0.3, 0.4) is 0 Å². The third-order valence-electron chi connectivity index (χ3n) is 6.48. The summed E-state index contributed by atoms with van der Waals surface area (Å²) in [6.07, 6.45) is 3.67. The van der Waals surface area contributed by atoms with Crippen LogP contribution in [0.25, 0.3) is 0 Å². The first-order valence-corrected chi connectivity index (χ1v) is 13.1. The molecule has 8 nitrogen and oxygen atoms in total. The van der Waals surface area contributed by atoms with Crippen molar-refractivity contribution in [1.29, 1.82) is 0 Å². The van der Waals surface area contributed by atoms with Crippen LogP contribution in [0, 0.1) is 0 Å². The Labute approximate surface area is 200 Å². The molecule has 2 amide bonds. The number of hydrogen-bond donors (Lipinski definition) is 1. The Morgan fingerprint density at radius 2 is 1.85 bits per heavy atom. The van der Waals surface area contributed by atoms with E-state index >= 15 is 0 Å². The van der Waals surface area contributed by atoms with Crippen molar-refractivity contribution in [2.45, 2.75) is 50.0 Å². The maximum atomic E-state index is 13.1. The van der Waals surface area contributed by atoms with Gasteiger partial charge in [-0.25, -0.2) is 8.42 Å². The van der Waals surface area contributed by atoms with Crippen LogP contribution in [0.15, 0.2) is 47.4 Å². The Hall–Kier alpha value is -2.91. The van der Waals surface area contributed by atoms with E-state index in [9.17, 15) is 18.0 Å². The molecule has 1 atom stereocenters. The quantitative estimate of drug-likeness (QED) is 0.650. The fraction of sp³-hybridized carbons (Fsp3) is 0.440. The van der Waals surface area contributed by atoms with Crippen molar-refractivity contribution < 1.29 is 22.7 Å². The lowest BCUT2D eigenvalue weighted by molar-refractivity contribution is -0.125. The second-order valence-corrected chi connectivity index (χ2v) is 10.7. The predicted molar refractivity (Wildman–Crippen MR) is 129 cm³/mol. The van der Waals surface area contributed by atoms with E-state index in [0.717, 1.165) is 30.6 Å². The summed E-state index contributed by atoms with van der Waals surface area (Å²) in [5.41, 5.74) is 2.32. The van der Waals surface area contributed by atoms with Crippen molar-refractivity contribution in [2.24, 2.45) is 0 Å². The Morgan fingerprint density at radius 1 is 1.09 bits per heavy atom. The van der Waals surface area contributed by atoms with Crippen molar-refractivity contribution in [1.82, 2.24) is 9.62 Å². The Balaban J connectivity index is 1.47. The maximum Gasteiger partial charge on any atom is 0.243 e. The largest absolute Gasteiger partial charge is 0.497 e. The van der Waals surface area contributed by atoms with Crippen molar-refractivity contribution >= 4 is 27.5 Å². The summed E-state index contributed by atoms with van der Waals surface area (Å²) in [6.45, 7) is 2.89. The summed E-state index contributed by atoms with van der Waals surface area (Å²) < 4.78 is 33.0. The van der Waals surface area contributed by atoms with Crippen molar-refractivity contribution in [3.05, 3.63) is 53.6 Å². The number of carbonyl (C=O) groups is 2. The van der Waals surface area contributed by atoms with Crippen LogP contribution in [0.2, 0.25) is 0 Å². The molecule has 1 N–H and O–H groups in total. The van der Waals surface area contributed by atoms with Gasteiger partial charge in [-0.3, -0.25) is 14.5 Å². The minimum Gasteiger partial charge on any atom is -0.497 e. The highest BCUT2D eigenvalue weighted by atomic mass is 32.2. The molecule has 1 unspecified atom stereocenters. The van der Waals surface area contributed by atoms with Gasteiger partial charge >= 0.3 is 0 Å². The molecule has 182 valence electrons. The number of fused-ring (bicyclic) bond motifs is 1. The molecule has 0 bridgehead atoms. The standard InChI is InChI=1S/C25H31N3O5S/c1-18(29)28-23-10-9-22(34(31,32)27-13-4-3-5-14-27)16-20(23)17-24(28)25(30)26-12-11-19-7-6-8-21(15-19)33-2/h6-10,15-16,24H,3-5,11-14,17H2,1-2H3,(H,26,30). The van der Waals surface area contributed by atoms with Crippen LogP contribution in [0.4, 0.5) is 5.69 Å². The molecule has 1 saturated heterocycles. The Kier molecular flexibility index (Phi) is 7.23. The minimum absolute atomic E-state index is 0.218. The number of rotatable bonds is 7. The van der Waals surface area contributed by atoms with Crippen LogP contribution in [-0.4, -0.2) is 57.3 Å². The number of amides is 2. The van der Waals surface area contributed by atoms with Gasteiger partial charge in [0, 0.05) is 38.7 Å². The summed E-state index contributed by atoms with van der Waals surface area (Å²) in [5.74, 6) is 0.251. The van der Waals surface area contributed by atoms with E-state index in [4.69, 9.17) is 4.74 Å². The van der Waals surface area contributed by atoms with E-state index in [-0.39, 0.29) is 23.1 Å². The van der Waals surface area contributed by atoms with Crippen LogP contribution in [0.1, 0.15) is 37.3 Å². The molecule has 2 aliphatic heterocycles. The molecule has 0 saturated carbocycles. The second kappa shape index (κ2) is 10.1. The highest BCUT2D eigenvalue weighted by Crippen LogP contribution is 2.35. The fourth-order valence-corrected chi connectivity index (χ4v) is 6.29. The van der Waals surface area contributed by atoms with E-state index in [1.54, 1.807) is 25.3 Å². The molecular formula is C25H31N3O5S. The van der Waals surface area contributed by atoms with Gasteiger partial charge in [0.1, 0.15) is 11.8 Å². The molecule has 0 aromatic heterocycles. The van der Waals surface area contributed by atoms with E-state index in [0.29, 0.717) is 37.3 Å². The second-order valence-electron chi connectivity index (χ2n) is 8.76. The van der Waals surface area contributed by atoms with E-state index in [2.05, 4.69) is 5.32 Å². The molecule has 4 rings (SSSR count). The number of anilines is 1. The first kappa shape index (κ1) is 24.2. The first-order chi connectivity index (χ1) is 16.3. The van der Waals surface area contributed by atoms with E-state index < -0.39 is 16.1 Å². The van der Waals surface area contributed by atoms with Gasteiger partial charge in [-0.2, -0.15) is 4.31 Å². The van der Waals surface area contributed by atoms with Crippen molar-refractivity contribution in [2.75, 3.05) is 31.6 Å². The third kappa shape index (κ3) is 4.95. The van der Waals surface area contributed by atoms with Gasteiger partial charge in [0.2, 0.25) is 21.8 Å². The molecule has 2 heterocycles. The van der Waals surface area contributed by atoms with Crippen LogP contribution in [0.5, 0.6) is 5.75 Å². The zero-order chi connectivity index (χ0) is 24.3. The van der Waals surface area contributed by atoms with Crippen LogP contribution >= 0.6 is 0 Å². The maximum absolute atomic E-state index is 13.1. The van der Waals surface area contributed by atoms with Crippen LogP contribution in [-0.2, 0) is 32.5 Å². The van der Waals surface area contributed by atoms with Gasteiger partial charge in [-0.1, -0.05) is 18.6 Å². The van der Waals surface area contributed by atoms with Gasteiger partial charge in [0.25, 0.3) is 0 Å². The van der Waals surface area contributed by atoms with Crippen molar-refractivity contribution in [3.63, 3.8) is 0 Å². The van der Waals surface area contributed by atoms with Gasteiger partial charge in [-0.15, -0.1) is 0 Å². The number of sulfonamides is 1. The molecule has 2 aliphatic rings. The number of hydrogen-bond acceptors (Lipinski definition) is 5. The SMILES string of the molecule is COc1cccc(CCNC(=O)C2Cc3cc(S(=O)(=O)N4CCCCC4)ccc3N2C(C)=O)c1. The molecule has 9 heteroatoms. The lowest BCUT2D eigenvalue weighted by Crippen LogP contribution is -2.47. The highest BCUT2D eigenvalue weighted by Gasteiger charge is 2.38. The summed E-state index contributed by atoms with van der Waals surface area (Å²) >= 11 is 0. The zero-order valence-electron chi connectivity index (χ0n) is 19.6. The average Bonchev–Trinajstić information content (AvgIpc) is 3.24. The number of benzene rings is 2. The predicted octanol–water partition coefficient (Wildman–Crippen LogP) is 2.51. The molecule has 34 heavy (non-hydrogen) atoms. The molecule has 0 radical (unpaired) electrons. The van der Waals surface area contributed by atoms with Gasteiger partial charge in [0.15, 0.2) is 0 Å². The topological polar surface area (TPSA) is 96.0 Å². The van der Waals surface area contributed by atoms with Gasteiger partial charge in [-0.05, 0) is 60.7 Å². The highest BCUT2D eigenvalue weighted by molar-refractivity contribution is 7.89. The average molecular weight is 486 g/mol. The van der Waals surface area contributed by atoms with E-state index in [1.165, 1.54) is 16.1 Å². The van der Waals surface area contributed by atoms with E-state index in [1.807, 2.05) is 24.3 Å². The van der Waals surface area contributed by atoms with Gasteiger partial charge in [0.05, 0.1) is 12.0 Å². The molecule has 2 aromatic carbocycles. The molecule has 1 fully saturated rings. The number of carbonyl (C=O) groups excluding carboxylic acids is 2. The summed E-state index contributed by atoms with van der Waals surface area (Å²) in [7, 11) is -1.98. The van der Waals surface area contributed by atoms with Crippen LogP contribution < -0.4 is 15.0 Å². The zero-order valence-corrected chi connectivity index (χ0v) is 20.4. The molecular weight excluding hydrogens is 454 g/mol. The Bertz CT molecular complexity index is 1170. The smallest absolute Gasteiger partial charge is 0.243 e. The first-order valence-electron chi connectivity index (χ1n) is 11.6. The number of ether oxygens (including phenoxy) is 1. The lowest BCUT2D eigenvalue weighted by Gasteiger charge is -2.26. The minimum atomic E-state index is -3.59. The monoisotopic (exact) mass is 485 g/mol. The fourth-order valence-electron chi connectivity index (χ4n) is 4.72. The third-order valence-corrected chi connectivity index (χ3v) is 8.37. The van der Waals surface area contributed by atoms with Gasteiger partial charge < -0.3 is 10.1 Å². The Morgan fingerprint density at radius 3 is 2.56 bits per heavy atom. The normalized spacial score (nSPS) is 18.4. The molecule has 0 spiro atoms. The number of nitrogens with zero attached hydrogens (tertiary/aromatic N) is 2.